The molecule has 0 unspecified atom stereocenters. The van der Waals surface area contributed by atoms with Crippen molar-refractivity contribution in [3.63, 3.8) is 0 Å². The molecule has 0 aliphatic carbocycles. The lowest BCUT2D eigenvalue weighted by molar-refractivity contribution is 0.482. The van der Waals surface area contributed by atoms with Gasteiger partial charge in [-0.15, -0.1) is 0 Å². The van der Waals surface area contributed by atoms with Crippen LogP contribution in [-0.2, 0) is 5.41 Å². The van der Waals surface area contributed by atoms with Crippen molar-refractivity contribution in [3.05, 3.63) is 313 Å². The van der Waals surface area contributed by atoms with Gasteiger partial charge in [-0.3, -0.25) is 0 Å². The van der Waals surface area contributed by atoms with E-state index in [0.29, 0.717) is 5.75 Å². The zero-order valence-electron chi connectivity index (χ0n) is 45.0. The molecular formula is C76H59BrN2O. The second kappa shape index (κ2) is 22.8. The lowest BCUT2D eigenvalue weighted by Crippen LogP contribution is -2.19. The molecule has 0 radical (unpaired) electrons. The fourth-order valence-electron chi connectivity index (χ4n) is 10.7. The van der Waals surface area contributed by atoms with Crippen LogP contribution in [0.15, 0.2) is 308 Å². The van der Waals surface area contributed by atoms with Crippen LogP contribution in [-0.4, -0.2) is 0 Å². The minimum atomic E-state index is -0.293. The minimum absolute atomic E-state index is 0.293. The molecule has 0 saturated heterocycles. The van der Waals surface area contributed by atoms with Crippen molar-refractivity contribution in [2.24, 2.45) is 0 Å². The summed E-state index contributed by atoms with van der Waals surface area (Å²) in [6, 6.07) is 109. The third-order valence-electron chi connectivity index (χ3n) is 14.7. The van der Waals surface area contributed by atoms with E-state index in [4.69, 9.17) is 4.74 Å². The Morgan fingerprint density at radius 1 is 0.275 bits per heavy atom. The second-order valence-electron chi connectivity index (χ2n) is 21.1. The maximum absolute atomic E-state index is 6.89. The third-order valence-corrected chi connectivity index (χ3v) is 15.1. The van der Waals surface area contributed by atoms with E-state index in [-0.39, 0.29) is 5.41 Å². The fraction of sp³-hybridized carbons (Fsp3) is 0.0526. The predicted octanol–water partition coefficient (Wildman–Crippen LogP) is 22.5. The summed E-state index contributed by atoms with van der Waals surface area (Å²) >= 11 is 4.02. The molecule has 4 heteroatoms. The van der Waals surface area contributed by atoms with Crippen LogP contribution in [0, 0.1) is 0 Å². The summed E-state index contributed by atoms with van der Waals surface area (Å²) in [5.74, 6) is 1.44. The van der Waals surface area contributed by atoms with Crippen LogP contribution >= 0.6 is 15.9 Å². The van der Waals surface area contributed by atoms with Crippen molar-refractivity contribution < 1.29 is 4.74 Å². The molecule has 0 aliphatic rings. The molecule has 0 atom stereocenters. The topological polar surface area (TPSA) is 15.7 Å². The number of rotatable bonds is 14. The SMILES string of the molecule is CC(C)(C)c1cc(N(c2ccc(-c3ccccc3)cc2)c2c(-c3ccccc3)cccc2-c2ccccc2)cc(N(c2cc(Br)cc(Oc3ccc(-c4ccccc4)cc3)c2)c2c(-c3ccccc3)cccc2-c2ccccc2)c1. The van der Waals surface area contributed by atoms with Gasteiger partial charge < -0.3 is 14.5 Å². The Kier molecular flexibility index (Phi) is 14.6. The van der Waals surface area contributed by atoms with E-state index in [9.17, 15) is 0 Å². The second-order valence-corrected chi connectivity index (χ2v) is 22.0. The summed E-state index contributed by atoms with van der Waals surface area (Å²) in [6.45, 7) is 6.94. The van der Waals surface area contributed by atoms with Crippen molar-refractivity contribution in [3.8, 4) is 78.3 Å². The van der Waals surface area contributed by atoms with Gasteiger partial charge in [0.2, 0.25) is 0 Å². The van der Waals surface area contributed by atoms with Crippen LogP contribution in [0.4, 0.5) is 34.1 Å². The van der Waals surface area contributed by atoms with E-state index in [2.05, 4.69) is 344 Å². The molecule has 12 aromatic rings. The normalized spacial score (nSPS) is 11.2. The Morgan fingerprint density at radius 3 is 0.975 bits per heavy atom. The predicted molar refractivity (Wildman–Crippen MR) is 341 cm³/mol. The number of halogens is 1. The molecule has 0 aliphatic heterocycles. The highest BCUT2D eigenvalue weighted by atomic mass is 79.9. The van der Waals surface area contributed by atoms with Crippen molar-refractivity contribution in [2.75, 3.05) is 9.80 Å². The van der Waals surface area contributed by atoms with Crippen LogP contribution in [0.5, 0.6) is 11.5 Å². The molecular weight excluding hydrogens is 1040 g/mol. The number of benzene rings is 12. The van der Waals surface area contributed by atoms with Crippen molar-refractivity contribution in [1.82, 2.24) is 0 Å². The molecule has 12 rings (SSSR count). The molecule has 0 aromatic heterocycles. The first kappa shape index (κ1) is 51.3. The summed E-state index contributed by atoms with van der Waals surface area (Å²) in [6.07, 6.45) is 0. The number of nitrogens with zero attached hydrogens (tertiary/aromatic N) is 2. The van der Waals surface area contributed by atoms with Gasteiger partial charge in [0.25, 0.3) is 0 Å². The first-order chi connectivity index (χ1) is 39.2. The van der Waals surface area contributed by atoms with E-state index in [0.717, 1.165) is 106 Å². The number of ether oxygens (including phenoxy) is 1. The molecule has 12 aromatic carbocycles. The summed E-state index contributed by atoms with van der Waals surface area (Å²) in [5, 5.41) is 0. The van der Waals surface area contributed by atoms with Crippen LogP contribution in [0.25, 0.3) is 66.8 Å². The van der Waals surface area contributed by atoms with E-state index in [1.54, 1.807) is 0 Å². The van der Waals surface area contributed by atoms with E-state index in [1.807, 2.05) is 6.07 Å². The molecule has 0 N–H and O–H groups in total. The van der Waals surface area contributed by atoms with Crippen LogP contribution in [0.2, 0.25) is 0 Å². The molecule has 3 nitrogen and oxygen atoms in total. The first-order valence-electron chi connectivity index (χ1n) is 27.2. The number of hydrogen-bond acceptors (Lipinski definition) is 3. The Hall–Kier alpha value is -9.48. The molecule has 0 bridgehead atoms. The number of hydrogen-bond donors (Lipinski definition) is 0. The number of anilines is 6. The van der Waals surface area contributed by atoms with Gasteiger partial charge in [-0.1, -0.05) is 279 Å². The van der Waals surface area contributed by atoms with Gasteiger partial charge in [-0.2, -0.15) is 0 Å². The monoisotopic (exact) mass is 1090 g/mol. The van der Waals surface area contributed by atoms with Crippen molar-refractivity contribution in [2.45, 2.75) is 26.2 Å². The maximum Gasteiger partial charge on any atom is 0.130 e. The van der Waals surface area contributed by atoms with Crippen molar-refractivity contribution in [1.29, 1.82) is 0 Å². The Morgan fingerprint density at radius 2 is 0.600 bits per heavy atom. The average molecular weight is 1100 g/mol. The van der Waals surface area contributed by atoms with Gasteiger partial charge in [-0.05, 0) is 110 Å². The van der Waals surface area contributed by atoms with E-state index >= 15 is 0 Å². The lowest BCUT2D eigenvalue weighted by atomic mass is 9.85. The van der Waals surface area contributed by atoms with Gasteiger partial charge >= 0.3 is 0 Å². The van der Waals surface area contributed by atoms with Crippen LogP contribution in [0.3, 0.4) is 0 Å². The number of para-hydroxylation sites is 2. The summed E-state index contributed by atoms with van der Waals surface area (Å²) in [7, 11) is 0. The molecule has 0 amide bonds. The van der Waals surface area contributed by atoms with Gasteiger partial charge in [0.15, 0.2) is 0 Å². The first-order valence-corrected chi connectivity index (χ1v) is 28.0. The zero-order valence-corrected chi connectivity index (χ0v) is 46.6. The largest absolute Gasteiger partial charge is 0.457 e. The zero-order chi connectivity index (χ0) is 54.4. The molecule has 0 spiro atoms. The van der Waals surface area contributed by atoms with Gasteiger partial charge in [0.1, 0.15) is 11.5 Å². The van der Waals surface area contributed by atoms with E-state index < -0.39 is 0 Å². The van der Waals surface area contributed by atoms with Crippen molar-refractivity contribution >= 4 is 50.1 Å². The smallest absolute Gasteiger partial charge is 0.130 e. The Labute approximate surface area is 479 Å². The molecule has 0 saturated carbocycles. The molecule has 0 fully saturated rings. The molecule has 386 valence electrons. The minimum Gasteiger partial charge on any atom is -0.457 e. The fourth-order valence-corrected chi connectivity index (χ4v) is 11.2. The van der Waals surface area contributed by atoms with Gasteiger partial charge in [0.05, 0.1) is 17.1 Å². The average Bonchev–Trinajstić information content (AvgIpc) is 3.55. The summed E-state index contributed by atoms with van der Waals surface area (Å²) in [5.41, 5.74) is 20.4. The van der Waals surface area contributed by atoms with Gasteiger partial charge in [0, 0.05) is 49.9 Å². The third kappa shape index (κ3) is 11.0. The Balaban J connectivity index is 1.14. The highest BCUT2D eigenvalue weighted by Gasteiger charge is 2.29. The van der Waals surface area contributed by atoms with Crippen LogP contribution < -0.4 is 14.5 Å². The molecule has 0 heterocycles. The lowest BCUT2D eigenvalue weighted by Gasteiger charge is -2.35. The van der Waals surface area contributed by atoms with Gasteiger partial charge in [-0.25, -0.2) is 0 Å². The summed E-state index contributed by atoms with van der Waals surface area (Å²) < 4.78 is 7.77. The maximum atomic E-state index is 6.89. The highest BCUT2D eigenvalue weighted by Crippen LogP contribution is 2.52. The van der Waals surface area contributed by atoms with Crippen LogP contribution in [0.1, 0.15) is 26.3 Å². The highest BCUT2D eigenvalue weighted by molar-refractivity contribution is 9.10. The standard InChI is InChI=1S/C76H59BrN2O/c1-76(2,3)62-48-65(78(64-44-40-56(41-45-64)54-24-10-4-11-25-54)74-70(58-28-14-6-15-29-58)36-22-37-71(74)59-30-16-7-17-31-59)52-66(49-62)79(75-72(60-32-18-8-19-33-60)38-23-39-73(75)61-34-20-9-21-35-61)67-50-63(77)51-69(53-67)80-68-46-42-57(43-47-68)55-26-12-5-13-27-55/h4-53H,1-3H3. The summed E-state index contributed by atoms with van der Waals surface area (Å²) in [4.78, 5) is 4.95. The van der Waals surface area contributed by atoms with E-state index in [1.165, 1.54) is 11.1 Å². The molecule has 80 heavy (non-hydrogen) atoms. The quantitative estimate of drug-likeness (QED) is 0.108. The Bertz CT molecular complexity index is 3920.